The van der Waals surface area contributed by atoms with Gasteiger partial charge in [-0.1, -0.05) is 47.1 Å². The standard InChI is InChI=1S/C18H13ClN4O2/c19-13-6-7-15-14(9-13)18(24)23(11-20-15)10-17-21-16(22-25-17)8-12-4-2-1-3-5-12/h1-7,9,11H,8,10H2. The van der Waals surface area contributed by atoms with E-state index in [1.807, 2.05) is 30.3 Å². The van der Waals surface area contributed by atoms with Crippen molar-refractivity contribution in [3.05, 3.63) is 87.5 Å². The summed E-state index contributed by atoms with van der Waals surface area (Å²) in [5.74, 6) is 0.933. The number of halogens is 1. The SMILES string of the molecule is O=c1c2cc(Cl)ccc2ncn1Cc1nc(Cc2ccccc2)no1. The number of benzene rings is 2. The lowest BCUT2D eigenvalue weighted by molar-refractivity contribution is 0.365. The molecule has 25 heavy (non-hydrogen) atoms. The van der Waals surface area contributed by atoms with Crippen molar-refractivity contribution in [2.45, 2.75) is 13.0 Å². The minimum atomic E-state index is -0.199. The highest BCUT2D eigenvalue weighted by molar-refractivity contribution is 6.31. The molecule has 0 saturated carbocycles. The van der Waals surface area contributed by atoms with Crippen molar-refractivity contribution in [1.29, 1.82) is 0 Å². The molecule has 0 aliphatic heterocycles. The Bertz CT molecular complexity index is 1090. The topological polar surface area (TPSA) is 73.8 Å². The molecule has 2 aromatic heterocycles. The zero-order chi connectivity index (χ0) is 17.2. The second-order valence-electron chi connectivity index (χ2n) is 5.61. The van der Waals surface area contributed by atoms with Gasteiger partial charge >= 0.3 is 0 Å². The first-order valence-electron chi connectivity index (χ1n) is 7.69. The molecule has 0 fully saturated rings. The van der Waals surface area contributed by atoms with Crippen LogP contribution in [0.4, 0.5) is 0 Å². The largest absolute Gasteiger partial charge is 0.337 e. The Hall–Kier alpha value is -2.99. The fourth-order valence-corrected chi connectivity index (χ4v) is 2.77. The van der Waals surface area contributed by atoms with Crippen molar-refractivity contribution in [3.63, 3.8) is 0 Å². The van der Waals surface area contributed by atoms with Gasteiger partial charge in [-0.3, -0.25) is 9.36 Å². The molecule has 0 bridgehead atoms. The maximum atomic E-state index is 12.6. The summed E-state index contributed by atoms with van der Waals surface area (Å²) in [6.07, 6.45) is 2.05. The van der Waals surface area contributed by atoms with Crippen LogP contribution in [0.5, 0.6) is 0 Å². The number of nitrogens with zero attached hydrogens (tertiary/aromatic N) is 4. The number of hydrogen-bond acceptors (Lipinski definition) is 5. The van der Waals surface area contributed by atoms with Crippen LogP contribution >= 0.6 is 11.6 Å². The number of hydrogen-bond donors (Lipinski definition) is 0. The van der Waals surface area contributed by atoms with E-state index >= 15 is 0 Å². The zero-order valence-electron chi connectivity index (χ0n) is 13.1. The monoisotopic (exact) mass is 352 g/mol. The average Bonchev–Trinajstić information content (AvgIpc) is 3.06. The van der Waals surface area contributed by atoms with Crippen molar-refractivity contribution in [1.82, 2.24) is 19.7 Å². The normalized spacial score (nSPS) is 11.1. The van der Waals surface area contributed by atoms with Gasteiger partial charge in [0, 0.05) is 11.4 Å². The summed E-state index contributed by atoms with van der Waals surface area (Å²) in [7, 11) is 0. The van der Waals surface area contributed by atoms with Crippen molar-refractivity contribution >= 4 is 22.5 Å². The zero-order valence-corrected chi connectivity index (χ0v) is 13.8. The minimum Gasteiger partial charge on any atom is -0.337 e. The van der Waals surface area contributed by atoms with E-state index in [1.54, 1.807) is 18.2 Å². The highest BCUT2D eigenvalue weighted by Gasteiger charge is 2.11. The second kappa shape index (κ2) is 6.49. The van der Waals surface area contributed by atoms with Gasteiger partial charge in [0.25, 0.3) is 5.56 Å². The Morgan fingerprint density at radius 1 is 1.12 bits per heavy atom. The molecule has 0 amide bonds. The molecule has 2 heterocycles. The van der Waals surface area contributed by atoms with Crippen LogP contribution in [0.1, 0.15) is 17.3 Å². The summed E-state index contributed by atoms with van der Waals surface area (Å²) in [6, 6.07) is 14.9. The quantitative estimate of drug-likeness (QED) is 0.564. The molecule has 0 saturated heterocycles. The molecule has 6 nitrogen and oxygen atoms in total. The molecule has 0 unspecified atom stereocenters. The first kappa shape index (κ1) is 15.5. The van der Waals surface area contributed by atoms with Crippen molar-refractivity contribution in [2.24, 2.45) is 0 Å². The predicted molar refractivity (Wildman–Crippen MR) is 93.7 cm³/mol. The summed E-state index contributed by atoms with van der Waals surface area (Å²) in [6.45, 7) is 0.163. The molecule has 0 radical (unpaired) electrons. The molecule has 0 N–H and O–H groups in total. The van der Waals surface area contributed by atoms with Gasteiger partial charge in [0.1, 0.15) is 6.54 Å². The third kappa shape index (κ3) is 3.29. The first-order chi connectivity index (χ1) is 12.2. The van der Waals surface area contributed by atoms with Gasteiger partial charge in [-0.15, -0.1) is 0 Å². The third-order valence-electron chi connectivity index (χ3n) is 3.81. The lowest BCUT2D eigenvalue weighted by Gasteiger charge is -2.03. The summed E-state index contributed by atoms with van der Waals surface area (Å²) < 4.78 is 6.69. The van der Waals surface area contributed by atoms with Crippen LogP contribution in [0.3, 0.4) is 0 Å². The van der Waals surface area contributed by atoms with Crippen molar-refractivity contribution in [3.8, 4) is 0 Å². The van der Waals surface area contributed by atoms with Gasteiger partial charge in [-0.2, -0.15) is 4.98 Å². The summed E-state index contributed by atoms with van der Waals surface area (Å²) in [5.41, 5.74) is 1.49. The van der Waals surface area contributed by atoms with Gasteiger partial charge in [0.2, 0.25) is 5.89 Å². The molecule has 4 aromatic rings. The van der Waals surface area contributed by atoms with E-state index < -0.39 is 0 Å². The highest BCUT2D eigenvalue weighted by atomic mass is 35.5. The Labute approximate surface area is 147 Å². The van der Waals surface area contributed by atoms with Crippen LogP contribution in [0.25, 0.3) is 10.9 Å². The number of fused-ring (bicyclic) bond motifs is 1. The molecule has 0 aliphatic carbocycles. The Kier molecular flexibility index (Phi) is 4.03. The molecular formula is C18H13ClN4O2. The van der Waals surface area contributed by atoms with E-state index in [1.165, 1.54) is 10.9 Å². The Morgan fingerprint density at radius 3 is 2.80 bits per heavy atom. The Morgan fingerprint density at radius 2 is 1.96 bits per heavy atom. The Balaban J connectivity index is 1.59. The van der Waals surface area contributed by atoms with Gasteiger partial charge in [0.15, 0.2) is 5.82 Å². The molecule has 0 spiro atoms. The summed E-state index contributed by atoms with van der Waals surface area (Å²) in [5, 5.41) is 4.92. The van der Waals surface area contributed by atoms with E-state index in [9.17, 15) is 4.79 Å². The van der Waals surface area contributed by atoms with Crippen molar-refractivity contribution in [2.75, 3.05) is 0 Å². The van der Waals surface area contributed by atoms with Crippen LogP contribution < -0.4 is 5.56 Å². The van der Waals surface area contributed by atoms with Crippen molar-refractivity contribution < 1.29 is 4.52 Å². The van der Waals surface area contributed by atoms with Crippen LogP contribution in [0.2, 0.25) is 5.02 Å². The molecule has 7 heteroatoms. The fraction of sp³-hybridized carbons (Fsp3) is 0.111. The molecular weight excluding hydrogens is 340 g/mol. The number of aromatic nitrogens is 4. The molecule has 124 valence electrons. The number of rotatable bonds is 4. The summed E-state index contributed by atoms with van der Waals surface area (Å²) in [4.78, 5) is 21.2. The van der Waals surface area contributed by atoms with E-state index in [-0.39, 0.29) is 12.1 Å². The smallest absolute Gasteiger partial charge is 0.261 e. The molecule has 2 aromatic carbocycles. The minimum absolute atomic E-state index is 0.163. The van der Waals surface area contributed by atoms with Gasteiger partial charge in [-0.25, -0.2) is 4.98 Å². The van der Waals surface area contributed by atoms with Gasteiger partial charge in [-0.05, 0) is 23.8 Å². The van der Waals surface area contributed by atoms with Crippen LogP contribution in [0.15, 0.2) is 64.2 Å². The van der Waals surface area contributed by atoms with E-state index in [0.717, 1.165) is 5.56 Å². The molecule has 0 atom stereocenters. The van der Waals surface area contributed by atoms with Crippen LogP contribution in [0, 0.1) is 0 Å². The van der Waals surface area contributed by atoms with Crippen LogP contribution in [-0.4, -0.2) is 19.7 Å². The fourth-order valence-electron chi connectivity index (χ4n) is 2.59. The second-order valence-corrected chi connectivity index (χ2v) is 6.04. The van der Waals surface area contributed by atoms with Gasteiger partial charge < -0.3 is 4.52 Å². The molecule has 0 aliphatic rings. The summed E-state index contributed by atoms with van der Waals surface area (Å²) >= 11 is 5.97. The average molecular weight is 353 g/mol. The maximum Gasteiger partial charge on any atom is 0.261 e. The highest BCUT2D eigenvalue weighted by Crippen LogP contribution is 2.14. The lowest BCUT2D eigenvalue weighted by Crippen LogP contribution is -2.21. The lowest BCUT2D eigenvalue weighted by atomic mass is 10.1. The van der Waals surface area contributed by atoms with E-state index in [4.69, 9.17) is 16.1 Å². The molecule has 4 rings (SSSR count). The maximum absolute atomic E-state index is 12.6. The predicted octanol–water partition coefficient (Wildman–Crippen LogP) is 3.07. The first-order valence-corrected chi connectivity index (χ1v) is 8.07. The van der Waals surface area contributed by atoms with E-state index in [2.05, 4.69) is 15.1 Å². The van der Waals surface area contributed by atoms with E-state index in [0.29, 0.717) is 34.1 Å². The van der Waals surface area contributed by atoms with Gasteiger partial charge in [0.05, 0.1) is 17.2 Å². The van der Waals surface area contributed by atoms with Crippen LogP contribution in [-0.2, 0) is 13.0 Å². The third-order valence-corrected chi connectivity index (χ3v) is 4.04.